The molecule has 0 aliphatic heterocycles. The topological polar surface area (TPSA) is 40.5 Å². The van der Waals surface area contributed by atoms with Crippen molar-refractivity contribution in [3.8, 4) is 0 Å². The molecule has 2 heteroatoms. The van der Waals surface area contributed by atoms with Crippen LogP contribution in [0.25, 0.3) is 0 Å². The largest absolute Gasteiger partial charge is 0.384 e. The fourth-order valence-electron chi connectivity index (χ4n) is 3.08. The Morgan fingerprint density at radius 2 is 0.962 bits per heavy atom. The molecular weight excluding hydrogens is 320 g/mol. The van der Waals surface area contributed by atoms with Gasteiger partial charge in [0.2, 0.25) is 0 Å². The second-order valence-electron chi connectivity index (χ2n) is 7.76. The number of rotatable bonds is 4. The Morgan fingerprint density at radius 1 is 0.577 bits per heavy atom. The van der Waals surface area contributed by atoms with Gasteiger partial charge in [0.25, 0.3) is 0 Å². The quantitative estimate of drug-likeness (QED) is 0.686. The molecule has 3 aromatic rings. The van der Waals surface area contributed by atoms with Crippen LogP contribution in [0.5, 0.6) is 0 Å². The van der Waals surface area contributed by atoms with E-state index in [1.165, 1.54) is 0 Å². The molecule has 2 unspecified atom stereocenters. The molecule has 0 aromatic heterocycles. The van der Waals surface area contributed by atoms with Crippen molar-refractivity contribution >= 4 is 0 Å². The molecule has 3 aromatic carbocycles. The van der Waals surface area contributed by atoms with Gasteiger partial charge in [-0.3, -0.25) is 0 Å². The van der Waals surface area contributed by atoms with Crippen LogP contribution < -0.4 is 0 Å². The van der Waals surface area contributed by atoms with Gasteiger partial charge in [0.1, 0.15) is 12.2 Å². The van der Waals surface area contributed by atoms with Gasteiger partial charge in [-0.25, -0.2) is 0 Å². The van der Waals surface area contributed by atoms with Crippen molar-refractivity contribution in [1.29, 1.82) is 0 Å². The van der Waals surface area contributed by atoms with E-state index in [1.807, 2.05) is 78.9 Å². The average Bonchev–Trinajstić information content (AvgIpc) is 2.67. The highest BCUT2D eigenvalue weighted by Crippen LogP contribution is 2.33. The van der Waals surface area contributed by atoms with Crippen molar-refractivity contribution in [2.45, 2.75) is 38.4 Å². The Kier molecular flexibility index (Phi) is 5.26. The normalized spacial score (nSPS) is 14.0. The molecule has 0 radical (unpaired) electrons. The van der Waals surface area contributed by atoms with E-state index >= 15 is 0 Å². The molecule has 0 bridgehead atoms. The van der Waals surface area contributed by atoms with E-state index in [0.717, 1.165) is 27.8 Å². The van der Waals surface area contributed by atoms with Crippen molar-refractivity contribution in [1.82, 2.24) is 0 Å². The van der Waals surface area contributed by atoms with Crippen molar-refractivity contribution in [3.63, 3.8) is 0 Å². The van der Waals surface area contributed by atoms with Crippen molar-refractivity contribution in [2.75, 3.05) is 0 Å². The molecule has 0 saturated carbocycles. The van der Waals surface area contributed by atoms with Gasteiger partial charge in [-0.1, -0.05) is 93.6 Å². The maximum Gasteiger partial charge on any atom is 0.104 e. The third-order valence-electron chi connectivity index (χ3n) is 4.71. The SMILES string of the molecule is CC(C)(C)c1cc(C(O)c2ccccc2)cc(C(O)c2ccccc2)c1. The lowest BCUT2D eigenvalue weighted by Gasteiger charge is -2.24. The van der Waals surface area contributed by atoms with Gasteiger partial charge in [0.15, 0.2) is 0 Å². The van der Waals surface area contributed by atoms with Crippen LogP contribution in [0.1, 0.15) is 60.8 Å². The molecule has 3 rings (SSSR count). The monoisotopic (exact) mass is 346 g/mol. The Hall–Kier alpha value is -2.42. The van der Waals surface area contributed by atoms with Crippen LogP contribution in [0.15, 0.2) is 78.9 Å². The van der Waals surface area contributed by atoms with E-state index in [2.05, 4.69) is 20.8 Å². The van der Waals surface area contributed by atoms with Gasteiger partial charge in [-0.2, -0.15) is 0 Å². The van der Waals surface area contributed by atoms with Crippen LogP contribution in [0.3, 0.4) is 0 Å². The van der Waals surface area contributed by atoms with Crippen LogP contribution in [-0.4, -0.2) is 10.2 Å². The van der Waals surface area contributed by atoms with E-state index in [0.29, 0.717) is 0 Å². The summed E-state index contributed by atoms with van der Waals surface area (Å²) in [6.45, 7) is 6.42. The second-order valence-corrected chi connectivity index (χ2v) is 7.76. The molecular formula is C24H26O2. The highest BCUT2D eigenvalue weighted by atomic mass is 16.3. The summed E-state index contributed by atoms with van der Waals surface area (Å²) in [5.74, 6) is 0. The molecule has 2 N–H and O–H groups in total. The lowest BCUT2D eigenvalue weighted by molar-refractivity contribution is 0.213. The van der Waals surface area contributed by atoms with Gasteiger partial charge in [-0.15, -0.1) is 0 Å². The first kappa shape index (κ1) is 18.4. The number of hydrogen-bond donors (Lipinski definition) is 2. The first-order valence-corrected chi connectivity index (χ1v) is 8.97. The smallest absolute Gasteiger partial charge is 0.104 e. The predicted octanol–water partition coefficient (Wildman–Crippen LogP) is 5.15. The molecule has 0 heterocycles. The van der Waals surface area contributed by atoms with Crippen LogP contribution in [0.2, 0.25) is 0 Å². The summed E-state index contributed by atoms with van der Waals surface area (Å²) >= 11 is 0. The fraction of sp³-hybridized carbons (Fsp3) is 0.250. The van der Waals surface area contributed by atoms with Crippen molar-refractivity contribution < 1.29 is 10.2 Å². The third-order valence-corrected chi connectivity index (χ3v) is 4.71. The molecule has 0 spiro atoms. The lowest BCUT2D eigenvalue weighted by Crippen LogP contribution is -2.14. The first-order chi connectivity index (χ1) is 12.4. The molecule has 26 heavy (non-hydrogen) atoms. The minimum atomic E-state index is -0.722. The Bertz CT molecular complexity index is 785. The number of benzene rings is 3. The van der Waals surface area contributed by atoms with E-state index in [4.69, 9.17) is 0 Å². The molecule has 0 fully saturated rings. The van der Waals surface area contributed by atoms with Gasteiger partial charge in [-0.05, 0) is 39.3 Å². The minimum Gasteiger partial charge on any atom is -0.384 e. The summed E-state index contributed by atoms with van der Waals surface area (Å²) in [6.07, 6.45) is -1.44. The van der Waals surface area contributed by atoms with E-state index in [9.17, 15) is 10.2 Å². The summed E-state index contributed by atoms with van der Waals surface area (Å²) in [6, 6.07) is 25.2. The predicted molar refractivity (Wildman–Crippen MR) is 106 cm³/mol. The van der Waals surface area contributed by atoms with Crippen molar-refractivity contribution in [2.24, 2.45) is 0 Å². The Labute approximate surface area is 155 Å². The van der Waals surface area contributed by atoms with Gasteiger partial charge in [0, 0.05) is 0 Å². The number of hydrogen-bond acceptors (Lipinski definition) is 2. The molecule has 0 aliphatic carbocycles. The highest BCUT2D eigenvalue weighted by Gasteiger charge is 2.21. The zero-order valence-electron chi connectivity index (χ0n) is 15.6. The number of aliphatic hydroxyl groups excluding tert-OH is 2. The summed E-state index contributed by atoms with van der Waals surface area (Å²) in [5.41, 5.74) is 4.30. The minimum absolute atomic E-state index is 0.0857. The summed E-state index contributed by atoms with van der Waals surface area (Å²) < 4.78 is 0. The molecule has 2 nitrogen and oxygen atoms in total. The van der Waals surface area contributed by atoms with Gasteiger partial charge in [0.05, 0.1) is 0 Å². The van der Waals surface area contributed by atoms with E-state index in [1.54, 1.807) is 0 Å². The van der Waals surface area contributed by atoms with Crippen LogP contribution >= 0.6 is 0 Å². The zero-order valence-corrected chi connectivity index (χ0v) is 15.6. The molecule has 0 amide bonds. The van der Waals surface area contributed by atoms with Gasteiger partial charge >= 0.3 is 0 Å². The lowest BCUT2D eigenvalue weighted by atomic mass is 9.82. The third kappa shape index (κ3) is 4.04. The average molecular weight is 346 g/mol. The van der Waals surface area contributed by atoms with E-state index < -0.39 is 12.2 Å². The van der Waals surface area contributed by atoms with Crippen LogP contribution in [-0.2, 0) is 5.41 Å². The van der Waals surface area contributed by atoms with E-state index in [-0.39, 0.29) is 5.41 Å². The fourth-order valence-corrected chi connectivity index (χ4v) is 3.08. The van der Waals surface area contributed by atoms with Crippen molar-refractivity contribution in [3.05, 3.63) is 107 Å². The first-order valence-electron chi connectivity index (χ1n) is 8.97. The highest BCUT2D eigenvalue weighted by molar-refractivity contribution is 5.42. The standard InChI is InChI=1S/C24H26O2/c1-24(2,3)21-15-19(22(25)17-10-6-4-7-11-17)14-20(16-21)23(26)18-12-8-5-9-13-18/h4-16,22-23,25-26H,1-3H3. The second kappa shape index (κ2) is 7.45. The van der Waals surface area contributed by atoms with Gasteiger partial charge < -0.3 is 10.2 Å². The maximum absolute atomic E-state index is 10.9. The Balaban J connectivity index is 2.08. The maximum atomic E-state index is 10.9. The van der Waals surface area contributed by atoms with Crippen LogP contribution in [0.4, 0.5) is 0 Å². The van der Waals surface area contributed by atoms with Crippen LogP contribution in [0, 0.1) is 0 Å². The zero-order chi connectivity index (χ0) is 18.7. The molecule has 0 saturated heterocycles. The Morgan fingerprint density at radius 3 is 1.31 bits per heavy atom. The molecule has 0 aliphatic rings. The number of aliphatic hydroxyl groups is 2. The summed E-state index contributed by atoms with van der Waals surface area (Å²) in [4.78, 5) is 0. The molecule has 2 atom stereocenters. The molecule has 134 valence electrons. The summed E-state index contributed by atoms with van der Waals surface area (Å²) in [5, 5.41) is 21.8. The summed E-state index contributed by atoms with van der Waals surface area (Å²) in [7, 11) is 0.